The zero-order valence-corrected chi connectivity index (χ0v) is 15.7. The van der Waals surface area contributed by atoms with Gasteiger partial charge in [0.25, 0.3) is 0 Å². The molecule has 2 aromatic rings. The van der Waals surface area contributed by atoms with Gasteiger partial charge < -0.3 is 10.2 Å². The molecule has 1 atom stereocenters. The number of piperidine rings is 1. The third kappa shape index (κ3) is 3.79. The summed E-state index contributed by atoms with van der Waals surface area (Å²) in [7, 11) is 0. The number of nitrogens with zero attached hydrogens (tertiary/aromatic N) is 3. The Hall–Kier alpha value is -2.63. The van der Waals surface area contributed by atoms with Crippen molar-refractivity contribution in [1.82, 2.24) is 20.0 Å². The second kappa shape index (κ2) is 7.72. The molecule has 1 aromatic carbocycles. The molecule has 138 valence electrons. The van der Waals surface area contributed by atoms with Crippen LogP contribution in [0.4, 0.5) is 0 Å². The number of hydrogen-bond acceptors (Lipinski definition) is 3. The maximum atomic E-state index is 12.6. The van der Waals surface area contributed by atoms with Crippen LogP contribution in [0.15, 0.2) is 30.3 Å². The molecule has 0 unspecified atom stereocenters. The number of nitrogens with one attached hydrogen (secondary N) is 1. The average molecular weight is 354 g/mol. The normalized spacial score (nSPS) is 17.2. The third-order valence-corrected chi connectivity index (χ3v) is 5.12. The van der Waals surface area contributed by atoms with Crippen molar-refractivity contribution in [3.8, 4) is 5.69 Å². The van der Waals surface area contributed by atoms with Gasteiger partial charge in [-0.25, -0.2) is 4.68 Å². The number of carbonyl (C=O) groups is 2. The molecule has 6 heteroatoms. The molecule has 2 heterocycles. The highest BCUT2D eigenvalue weighted by molar-refractivity contribution is 5.80. The molecule has 0 radical (unpaired) electrons. The Morgan fingerprint density at radius 1 is 1.23 bits per heavy atom. The topological polar surface area (TPSA) is 67.2 Å². The van der Waals surface area contributed by atoms with Crippen molar-refractivity contribution < 1.29 is 9.59 Å². The van der Waals surface area contributed by atoms with E-state index in [1.807, 2.05) is 48.9 Å². The fourth-order valence-electron chi connectivity index (χ4n) is 3.55. The molecule has 2 amide bonds. The summed E-state index contributed by atoms with van der Waals surface area (Å²) in [6.45, 7) is 7.27. The summed E-state index contributed by atoms with van der Waals surface area (Å²) in [6.07, 6.45) is 1.71. The fraction of sp³-hybridized carbons (Fsp3) is 0.450. The summed E-state index contributed by atoms with van der Waals surface area (Å²) in [6, 6.07) is 9.97. The molecule has 26 heavy (non-hydrogen) atoms. The van der Waals surface area contributed by atoms with E-state index in [1.54, 1.807) is 11.8 Å². The van der Waals surface area contributed by atoms with E-state index >= 15 is 0 Å². The van der Waals surface area contributed by atoms with E-state index in [9.17, 15) is 9.59 Å². The van der Waals surface area contributed by atoms with Crippen molar-refractivity contribution in [3.05, 3.63) is 47.3 Å². The van der Waals surface area contributed by atoms with Crippen LogP contribution in [-0.2, 0) is 16.1 Å². The standard InChI is InChI=1S/C20H26N4O2/c1-14-19(15(2)24(22-14)18-9-5-4-6-10-18)12-21-20(26)17-8-7-11-23(13-17)16(3)25/h4-6,9-10,17H,7-8,11-13H2,1-3H3,(H,21,26)/t17-/m1/s1. The number of carbonyl (C=O) groups excluding carboxylic acids is 2. The Morgan fingerprint density at radius 2 is 1.96 bits per heavy atom. The summed E-state index contributed by atoms with van der Waals surface area (Å²) in [5, 5.41) is 7.66. The van der Waals surface area contributed by atoms with Gasteiger partial charge in [0, 0.05) is 37.8 Å². The van der Waals surface area contributed by atoms with E-state index in [0.29, 0.717) is 13.1 Å². The Bertz CT molecular complexity index is 798. The third-order valence-electron chi connectivity index (χ3n) is 5.12. The number of aromatic nitrogens is 2. The molecule has 1 aliphatic rings. The summed E-state index contributed by atoms with van der Waals surface area (Å²) >= 11 is 0. The first-order valence-electron chi connectivity index (χ1n) is 9.11. The Kier molecular flexibility index (Phi) is 5.40. The first kappa shape index (κ1) is 18.2. The number of rotatable bonds is 4. The average Bonchev–Trinajstić information content (AvgIpc) is 2.94. The van der Waals surface area contributed by atoms with Gasteiger partial charge in [-0.05, 0) is 38.8 Å². The lowest BCUT2D eigenvalue weighted by molar-refractivity contribution is -0.134. The van der Waals surface area contributed by atoms with E-state index in [0.717, 1.165) is 42.0 Å². The summed E-state index contributed by atoms with van der Waals surface area (Å²) in [5.41, 5.74) is 4.00. The molecule has 1 saturated heterocycles. The van der Waals surface area contributed by atoms with Crippen LogP contribution in [0.1, 0.15) is 36.7 Å². The second-order valence-corrected chi connectivity index (χ2v) is 6.92. The molecular formula is C20H26N4O2. The zero-order chi connectivity index (χ0) is 18.7. The monoisotopic (exact) mass is 354 g/mol. The lowest BCUT2D eigenvalue weighted by atomic mass is 9.97. The number of aryl methyl sites for hydroxylation is 1. The van der Waals surface area contributed by atoms with Crippen molar-refractivity contribution in [1.29, 1.82) is 0 Å². The van der Waals surface area contributed by atoms with Crippen molar-refractivity contribution in [3.63, 3.8) is 0 Å². The van der Waals surface area contributed by atoms with Gasteiger partial charge in [-0.1, -0.05) is 18.2 Å². The van der Waals surface area contributed by atoms with Crippen molar-refractivity contribution in [2.75, 3.05) is 13.1 Å². The van der Waals surface area contributed by atoms with Crippen LogP contribution in [0.5, 0.6) is 0 Å². The summed E-state index contributed by atoms with van der Waals surface area (Å²) in [5.74, 6) is -0.0713. The number of para-hydroxylation sites is 1. The predicted octanol–water partition coefficient (Wildman–Crippen LogP) is 2.36. The van der Waals surface area contributed by atoms with Crippen molar-refractivity contribution >= 4 is 11.8 Å². The van der Waals surface area contributed by atoms with Gasteiger partial charge in [-0.3, -0.25) is 9.59 Å². The van der Waals surface area contributed by atoms with Gasteiger partial charge in [-0.2, -0.15) is 5.10 Å². The first-order chi connectivity index (χ1) is 12.5. The number of hydrogen-bond donors (Lipinski definition) is 1. The Balaban J connectivity index is 1.67. The van der Waals surface area contributed by atoms with Crippen molar-refractivity contribution in [2.45, 2.75) is 40.2 Å². The number of benzene rings is 1. The molecule has 6 nitrogen and oxygen atoms in total. The van der Waals surface area contributed by atoms with Crippen molar-refractivity contribution in [2.24, 2.45) is 5.92 Å². The summed E-state index contributed by atoms with van der Waals surface area (Å²) < 4.78 is 1.91. The van der Waals surface area contributed by atoms with Gasteiger partial charge in [0.1, 0.15) is 0 Å². The van der Waals surface area contributed by atoms with E-state index < -0.39 is 0 Å². The van der Waals surface area contributed by atoms with E-state index in [4.69, 9.17) is 0 Å². The highest BCUT2D eigenvalue weighted by Crippen LogP contribution is 2.19. The van der Waals surface area contributed by atoms with Crippen LogP contribution >= 0.6 is 0 Å². The smallest absolute Gasteiger partial charge is 0.225 e. The van der Waals surface area contributed by atoms with Crippen LogP contribution in [0.2, 0.25) is 0 Å². The molecule has 1 aromatic heterocycles. The predicted molar refractivity (Wildman–Crippen MR) is 99.9 cm³/mol. The van der Waals surface area contributed by atoms with Crippen LogP contribution in [-0.4, -0.2) is 39.6 Å². The molecular weight excluding hydrogens is 328 g/mol. The van der Waals surface area contributed by atoms with Gasteiger partial charge in [-0.15, -0.1) is 0 Å². The lowest BCUT2D eigenvalue weighted by Gasteiger charge is -2.31. The maximum Gasteiger partial charge on any atom is 0.225 e. The van der Waals surface area contributed by atoms with E-state index in [1.165, 1.54) is 0 Å². The van der Waals surface area contributed by atoms with Crippen LogP contribution < -0.4 is 5.32 Å². The number of likely N-dealkylation sites (tertiary alicyclic amines) is 1. The van der Waals surface area contributed by atoms with Crippen LogP contribution in [0.3, 0.4) is 0 Å². The second-order valence-electron chi connectivity index (χ2n) is 6.92. The highest BCUT2D eigenvalue weighted by Gasteiger charge is 2.27. The molecule has 1 N–H and O–H groups in total. The number of amides is 2. The quantitative estimate of drug-likeness (QED) is 0.916. The minimum atomic E-state index is -0.127. The Labute approximate surface area is 154 Å². The molecule has 1 fully saturated rings. The lowest BCUT2D eigenvalue weighted by Crippen LogP contribution is -2.44. The van der Waals surface area contributed by atoms with Crippen LogP contribution in [0, 0.1) is 19.8 Å². The largest absolute Gasteiger partial charge is 0.352 e. The molecule has 0 spiro atoms. The Morgan fingerprint density at radius 3 is 2.65 bits per heavy atom. The highest BCUT2D eigenvalue weighted by atomic mass is 16.2. The minimum Gasteiger partial charge on any atom is -0.352 e. The molecule has 0 aliphatic carbocycles. The first-order valence-corrected chi connectivity index (χ1v) is 9.11. The van der Waals surface area contributed by atoms with E-state index in [-0.39, 0.29) is 17.7 Å². The van der Waals surface area contributed by atoms with Gasteiger partial charge in [0.05, 0.1) is 17.3 Å². The van der Waals surface area contributed by atoms with E-state index in [2.05, 4.69) is 10.4 Å². The molecule has 0 saturated carbocycles. The molecule has 3 rings (SSSR count). The zero-order valence-electron chi connectivity index (χ0n) is 15.7. The maximum absolute atomic E-state index is 12.6. The molecule has 1 aliphatic heterocycles. The van der Waals surface area contributed by atoms with Gasteiger partial charge in [0.15, 0.2) is 0 Å². The van der Waals surface area contributed by atoms with Gasteiger partial charge >= 0.3 is 0 Å². The molecule has 0 bridgehead atoms. The fourth-order valence-corrected chi connectivity index (χ4v) is 3.55. The minimum absolute atomic E-state index is 0.0159. The summed E-state index contributed by atoms with van der Waals surface area (Å²) in [4.78, 5) is 25.9. The van der Waals surface area contributed by atoms with Crippen LogP contribution in [0.25, 0.3) is 5.69 Å². The van der Waals surface area contributed by atoms with Gasteiger partial charge in [0.2, 0.25) is 11.8 Å². The SMILES string of the molecule is CC(=O)N1CCC[C@@H](C(=O)NCc2c(C)nn(-c3ccccc3)c2C)C1.